The van der Waals surface area contributed by atoms with Crippen molar-refractivity contribution in [3.05, 3.63) is 53.8 Å². The molecule has 0 saturated heterocycles. The highest BCUT2D eigenvalue weighted by molar-refractivity contribution is 6.29. The van der Waals surface area contributed by atoms with Crippen molar-refractivity contribution in [2.24, 2.45) is 0 Å². The first-order valence-electron chi connectivity index (χ1n) is 5.99. The largest absolute Gasteiger partial charge is 0.385 e. The van der Waals surface area contributed by atoms with Gasteiger partial charge in [-0.1, -0.05) is 29.8 Å². The van der Waals surface area contributed by atoms with Crippen LogP contribution in [0.3, 0.4) is 0 Å². The highest BCUT2D eigenvalue weighted by atomic mass is 35.5. The van der Waals surface area contributed by atoms with Gasteiger partial charge in [0.2, 0.25) is 0 Å². The molecule has 1 aromatic heterocycles. The maximum Gasteiger partial charge on any atom is 0.131 e. The molecule has 2 N–H and O–H groups in total. The van der Waals surface area contributed by atoms with Gasteiger partial charge < -0.3 is 10.6 Å². The topological polar surface area (TPSA) is 37.0 Å². The van der Waals surface area contributed by atoms with Crippen molar-refractivity contribution in [3.63, 3.8) is 0 Å². The summed E-state index contributed by atoms with van der Waals surface area (Å²) in [7, 11) is 0. The lowest BCUT2D eigenvalue weighted by atomic mass is 10.3. The molecule has 1 aromatic carbocycles. The molecule has 94 valence electrons. The summed E-state index contributed by atoms with van der Waals surface area (Å²) in [6, 6.07) is 13.9. The lowest BCUT2D eigenvalue weighted by Crippen LogP contribution is -2.09. The number of aromatic nitrogens is 1. The fraction of sp³-hybridized carbons (Fsp3) is 0.214. The number of hydrogen-bond acceptors (Lipinski definition) is 3. The Morgan fingerprint density at radius 3 is 2.39 bits per heavy atom. The van der Waals surface area contributed by atoms with E-state index in [-0.39, 0.29) is 0 Å². The summed E-state index contributed by atoms with van der Waals surface area (Å²) >= 11 is 5.80. The Bertz CT molecular complexity index is 473. The number of nitrogens with one attached hydrogen (secondary N) is 2. The van der Waals surface area contributed by atoms with E-state index < -0.39 is 0 Å². The molecular formula is C14H16ClN3. The first-order valence-corrected chi connectivity index (χ1v) is 6.37. The zero-order valence-electron chi connectivity index (χ0n) is 10.1. The number of pyridine rings is 1. The van der Waals surface area contributed by atoms with Gasteiger partial charge in [-0.2, -0.15) is 0 Å². The van der Waals surface area contributed by atoms with Crippen LogP contribution < -0.4 is 10.6 Å². The predicted octanol–water partition coefficient (Wildman–Crippen LogP) is 3.65. The zero-order valence-corrected chi connectivity index (χ0v) is 10.8. The van der Waals surface area contributed by atoms with Crippen molar-refractivity contribution in [1.82, 2.24) is 4.98 Å². The highest BCUT2D eigenvalue weighted by Gasteiger charge is 1.94. The zero-order chi connectivity index (χ0) is 12.6. The van der Waals surface area contributed by atoms with Crippen LogP contribution in [0, 0.1) is 0 Å². The van der Waals surface area contributed by atoms with Gasteiger partial charge in [0.15, 0.2) is 0 Å². The molecule has 0 aliphatic carbocycles. The Labute approximate surface area is 112 Å². The molecule has 0 bridgehead atoms. The summed E-state index contributed by atoms with van der Waals surface area (Å²) < 4.78 is 0. The van der Waals surface area contributed by atoms with Crippen LogP contribution in [0.1, 0.15) is 6.42 Å². The Balaban J connectivity index is 1.65. The van der Waals surface area contributed by atoms with E-state index in [4.69, 9.17) is 11.6 Å². The average molecular weight is 262 g/mol. The van der Waals surface area contributed by atoms with Gasteiger partial charge in [-0.25, -0.2) is 4.98 Å². The van der Waals surface area contributed by atoms with Gasteiger partial charge >= 0.3 is 0 Å². The molecular weight excluding hydrogens is 246 g/mol. The normalized spacial score (nSPS) is 10.1. The minimum absolute atomic E-state index is 0.516. The van der Waals surface area contributed by atoms with Gasteiger partial charge in [0.05, 0.1) is 0 Å². The van der Waals surface area contributed by atoms with Crippen LogP contribution in [-0.2, 0) is 0 Å². The molecule has 0 spiro atoms. The van der Waals surface area contributed by atoms with Gasteiger partial charge in [0.25, 0.3) is 0 Å². The lowest BCUT2D eigenvalue weighted by molar-refractivity contribution is 0.909. The quantitative estimate of drug-likeness (QED) is 0.616. The molecule has 1 heterocycles. The Morgan fingerprint density at radius 2 is 1.67 bits per heavy atom. The summed E-state index contributed by atoms with van der Waals surface area (Å²) in [6.07, 6.45) is 2.74. The number of rotatable bonds is 6. The second-order valence-corrected chi connectivity index (χ2v) is 4.33. The molecule has 2 aromatic rings. The number of hydrogen-bond donors (Lipinski definition) is 2. The first-order chi connectivity index (χ1) is 8.84. The van der Waals surface area contributed by atoms with E-state index in [1.807, 2.05) is 30.3 Å². The van der Waals surface area contributed by atoms with E-state index in [0.29, 0.717) is 5.15 Å². The first kappa shape index (κ1) is 12.7. The van der Waals surface area contributed by atoms with Crippen LogP contribution >= 0.6 is 11.6 Å². The molecule has 2 rings (SSSR count). The third-order valence-electron chi connectivity index (χ3n) is 2.51. The number of anilines is 2. The van der Waals surface area contributed by atoms with Crippen molar-refractivity contribution in [1.29, 1.82) is 0 Å². The Morgan fingerprint density at radius 1 is 0.944 bits per heavy atom. The molecule has 4 heteroatoms. The fourth-order valence-electron chi connectivity index (χ4n) is 1.62. The molecule has 0 saturated carbocycles. The van der Waals surface area contributed by atoms with E-state index in [2.05, 4.69) is 27.8 Å². The van der Waals surface area contributed by atoms with E-state index >= 15 is 0 Å². The van der Waals surface area contributed by atoms with Gasteiger partial charge in [-0.3, -0.25) is 0 Å². The summed E-state index contributed by atoms with van der Waals surface area (Å²) in [5.41, 5.74) is 2.17. The van der Waals surface area contributed by atoms with Crippen LogP contribution in [0.5, 0.6) is 0 Å². The highest BCUT2D eigenvalue weighted by Crippen LogP contribution is 2.11. The van der Waals surface area contributed by atoms with Crippen molar-refractivity contribution >= 4 is 23.0 Å². The number of nitrogens with zero attached hydrogens (tertiary/aromatic N) is 1. The molecule has 3 nitrogen and oxygen atoms in total. The van der Waals surface area contributed by atoms with Crippen LogP contribution in [0.4, 0.5) is 11.4 Å². The summed E-state index contributed by atoms with van der Waals surface area (Å²) in [6.45, 7) is 1.84. The molecule has 0 amide bonds. The lowest BCUT2D eigenvalue weighted by Gasteiger charge is -2.08. The van der Waals surface area contributed by atoms with Crippen LogP contribution in [0.25, 0.3) is 0 Å². The van der Waals surface area contributed by atoms with E-state index in [9.17, 15) is 0 Å². The minimum atomic E-state index is 0.516. The number of halogens is 1. The monoisotopic (exact) mass is 261 g/mol. The van der Waals surface area contributed by atoms with Crippen molar-refractivity contribution in [2.75, 3.05) is 23.7 Å². The van der Waals surface area contributed by atoms with E-state index in [1.54, 1.807) is 6.20 Å². The van der Waals surface area contributed by atoms with Gasteiger partial charge in [-0.05, 0) is 30.7 Å². The standard InChI is InChI=1S/C14H16ClN3/c15-14-11-13(7-10-18-14)17-9-4-8-16-12-5-2-1-3-6-12/h1-3,5-7,10-11,16H,4,8-9H2,(H,17,18). The Kier molecular flexibility index (Phi) is 4.85. The van der Waals surface area contributed by atoms with Gasteiger partial charge in [0.1, 0.15) is 5.15 Å². The number of para-hydroxylation sites is 1. The van der Waals surface area contributed by atoms with Crippen molar-refractivity contribution in [2.45, 2.75) is 6.42 Å². The smallest absolute Gasteiger partial charge is 0.131 e. The molecule has 0 unspecified atom stereocenters. The summed E-state index contributed by atoms with van der Waals surface area (Å²) in [5.74, 6) is 0. The predicted molar refractivity (Wildman–Crippen MR) is 77.3 cm³/mol. The maximum atomic E-state index is 5.80. The molecule has 18 heavy (non-hydrogen) atoms. The molecule has 0 aliphatic heterocycles. The second kappa shape index (κ2) is 6.87. The molecule has 0 fully saturated rings. The van der Waals surface area contributed by atoms with Crippen LogP contribution in [0.2, 0.25) is 5.15 Å². The fourth-order valence-corrected chi connectivity index (χ4v) is 1.80. The van der Waals surface area contributed by atoms with E-state index in [0.717, 1.165) is 30.9 Å². The molecule has 0 aliphatic rings. The minimum Gasteiger partial charge on any atom is -0.385 e. The van der Waals surface area contributed by atoms with Crippen molar-refractivity contribution < 1.29 is 0 Å². The van der Waals surface area contributed by atoms with Gasteiger partial charge in [0, 0.05) is 30.7 Å². The van der Waals surface area contributed by atoms with Crippen LogP contribution in [-0.4, -0.2) is 18.1 Å². The van der Waals surface area contributed by atoms with E-state index in [1.165, 1.54) is 0 Å². The Hall–Kier alpha value is -1.74. The third-order valence-corrected chi connectivity index (χ3v) is 2.72. The van der Waals surface area contributed by atoms with Gasteiger partial charge in [-0.15, -0.1) is 0 Å². The number of benzene rings is 1. The molecule has 0 atom stereocenters. The van der Waals surface area contributed by atoms with Crippen molar-refractivity contribution in [3.8, 4) is 0 Å². The van der Waals surface area contributed by atoms with Crippen LogP contribution in [0.15, 0.2) is 48.7 Å². The second-order valence-electron chi connectivity index (χ2n) is 3.94. The maximum absolute atomic E-state index is 5.80. The summed E-state index contributed by atoms with van der Waals surface area (Å²) in [4.78, 5) is 3.94. The average Bonchev–Trinajstić information content (AvgIpc) is 2.40. The summed E-state index contributed by atoms with van der Waals surface area (Å²) in [5, 5.41) is 7.19. The SMILES string of the molecule is Clc1cc(NCCCNc2ccccc2)ccn1. The molecule has 0 radical (unpaired) electrons. The third kappa shape index (κ3) is 4.26.